The number of carbonyl (C=O) groups excluding carboxylic acids is 1. The van der Waals surface area contributed by atoms with Crippen LogP contribution in [-0.2, 0) is 0 Å². The van der Waals surface area contributed by atoms with Gasteiger partial charge in [-0.2, -0.15) is 5.10 Å². The van der Waals surface area contributed by atoms with E-state index in [1.54, 1.807) is 41.8 Å². The van der Waals surface area contributed by atoms with Gasteiger partial charge in [0.15, 0.2) is 11.5 Å². The highest BCUT2D eigenvalue weighted by Crippen LogP contribution is 2.32. The molecule has 0 bridgehead atoms. The maximum atomic E-state index is 12.5. The van der Waals surface area contributed by atoms with Gasteiger partial charge in [-0.1, -0.05) is 6.07 Å². The van der Waals surface area contributed by atoms with Gasteiger partial charge in [-0.25, -0.2) is 4.68 Å². The van der Waals surface area contributed by atoms with Crippen molar-refractivity contribution in [3.05, 3.63) is 64.1 Å². The van der Waals surface area contributed by atoms with E-state index in [2.05, 4.69) is 5.10 Å². The van der Waals surface area contributed by atoms with Crippen molar-refractivity contribution in [3.63, 3.8) is 0 Å². The van der Waals surface area contributed by atoms with Gasteiger partial charge in [0.1, 0.15) is 0 Å². The zero-order valence-corrected chi connectivity index (χ0v) is 12.8. The SMILES string of the molecule is O=C(c1ccc2c(c1)OCO2)n1ccc(/C=C/c2cccs2)n1. The number of fused-ring (bicyclic) bond motifs is 1. The third-order valence-electron chi connectivity index (χ3n) is 3.40. The summed E-state index contributed by atoms with van der Waals surface area (Å²) in [7, 11) is 0. The van der Waals surface area contributed by atoms with Gasteiger partial charge >= 0.3 is 0 Å². The first-order valence-corrected chi connectivity index (χ1v) is 7.89. The van der Waals surface area contributed by atoms with E-state index in [1.807, 2.05) is 29.7 Å². The first-order valence-electron chi connectivity index (χ1n) is 7.01. The van der Waals surface area contributed by atoms with Crippen LogP contribution in [-0.4, -0.2) is 22.5 Å². The number of hydrogen-bond donors (Lipinski definition) is 0. The standard InChI is InChI=1S/C17H12N2O3S/c20-17(12-3-6-15-16(10-12)22-11-21-15)19-8-7-13(18-19)4-5-14-2-1-9-23-14/h1-10H,11H2/b5-4+. The zero-order valence-electron chi connectivity index (χ0n) is 12.0. The second-order valence-electron chi connectivity index (χ2n) is 4.91. The van der Waals surface area contributed by atoms with Crippen molar-refractivity contribution >= 4 is 29.4 Å². The van der Waals surface area contributed by atoms with Crippen molar-refractivity contribution in [2.24, 2.45) is 0 Å². The Kier molecular flexibility index (Phi) is 3.44. The number of thiophene rings is 1. The van der Waals surface area contributed by atoms with Gasteiger partial charge in [0, 0.05) is 16.6 Å². The van der Waals surface area contributed by atoms with Crippen molar-refractivity contribution in [1.82, 2.24) is 9.78 Å². The van der Waals surface area contributed by atoms with E-state index in [0.717, 1.165) is 10.6 Å². The van der Waals surface area contributed by atoms with Gasteiger partial charge in [-0.15, -0.1) is 11.3 Å². The van der Waals surface area contributed by atoms with Crippen LogP contribution in [0.15, 0.2) is 48.0 Å². The molecule has 2 aromatic heterocycles. The molecule has 0 saturated carbocycles. The molecular weight excluding hydrogens is 312 g/mol. The molecule has 0 amide bonds. The van der Waals surface area contributed by atoms with E-state index in [4.69, 9.17) is 9.47 Å². The third kappa shape index (κ3) is 2.76. The van der Waals surface area contributed by atoms with E-state index in [0.29, 0.717) is 17.1 Å². The fraction of sp³-hybridized carbons (Fsp3) is 0.0588. The van der Waals surface area contributed by atoms with Gasteiger partial charge < -0.3 is 9.47 Å². The first kappa shape index (κ1) is 13.8. The molecule has 3 aromatic rings. The molecule has 0 radical (unpaired) electrons. The van der Waals surface area contributed by atoms with Crippen LogP contribution in [0.1, 0.15) is 20.9 Å². The minimum Gasteiger partial charge on any atom is -0.454 e. The number of benzene rings is 1. The molecule has 5 nitrogen and oxygen atoms in total. The average Bonchev–Trinajstić information content (AvgIpc) is 3.31. The van der Waals surface area contributed by atoms with Crippen LogP contribution >= 0.6 is 11.3 Å². The summed E-state index contributed by atoms with van der Waals surface area (Å²) in [5.41, 5.74) is 1.23. The Hall–Kier alpha value is -2.86. The van der Waals surface area contributed by atoms with E-state index in [1.165, 1.54) is 4.68 Å². The Morgan fingerprint density at radius 1 is 1.17 bits per heavy atom. The second-order valence-corrected chi connectivity index (χ2v) is 5.89. The minimum atomic E-state index is -0.209. The molecule has 0 saturated heterocycles. The number of nitrogens with zero attached hydrogens (tertiary/aromatic N) is 2. The van der Waals surface area contributed by atoms with Crippen LogP contribution in [0.4, 0.5) is 0 Å². The van der Waals surface area contributed by atoms with Crippen molar-refractivity contribution in [3.8, 4) is 11.5 Å². The molecule has 0 fully saturated rings. The summed E-state index contributed by atoms with van der Waals surface area (Å²) in [6, 6.07) is 10.9. The summed E-state index contributed by atoms with van der Waals surface area (Å²) in [6.45, 7) is 0.187. The molecule has 0 aliphatic carbocycles. The normalized spacial score (nSPS) is 12.9. The smallest absolute Gasteiger partial charge is 0.278 e. The molecule has 0 atom stereocenters. The lowest BCUT2D eigenvalue weighted by molar-refractivity contribution is 0.0944. The number of rotatable bonds is 3. The summed E-state index contributed by atoms with van der Waals surface area (Å²) >= 11 is 1.65. The lowest BCUT2D eigenvalue weighted by Gasteiger charge is -2.02. The lowest BCUT2D eigenvalue weighted by Crippen LogP contribution is -2.12. The largest absolute Gasteiger partial charge is 0.454 e. The van der Waals surface area contributed by atoms with Crippen LogP contribution in [0.2, 0.25) is 0 Å². The molecule has 114 valence electrons. The summed E-state index contributed by atoms with van der Waals surface area (Å²) < 4.78 is 11.9. The van der Waals surface area contributed by atoms with E-state index < -0.39 is 0 Å². The second kappa shape index (κ2) is 5.73. The maximum absolute atomic E-state index is 12.5. The Balaban J connectivity index is 1.55. The van der Waals surface area contributed by atoms with Gasteiger partial charge in [0.25, 0.3) is 5.91 Å². The van der Waals surface area contributed by atoms with Crippen LogP contribution in [0.25, 0.3) is 12.2 Å². The molecular formula is C17H12N2O3S. The molecule has 23 heavy (non-hydrogen) atoms. The van der Waals surface area contributed by atoms with Gasteiger partial charge in [-0.05, 0) is 47.9 Å². The van der Waals surface area contributed by atoms with Crippen LogP contribution in [0, 0.1) is 0 Å². The molecule has 3 heterocycles. The van der Waals surface area contributed by atoms with E-state index in [9.17, 15) is 4.79 Å². The monoisotopic (exact) mass is 324 g/mol. The average molecular weight is 324 g/mol. The number of hydrogen-bond acceptors (Lipinski definition) is 5. The minimum absolute atomic E-state index is 0.187. The highest BCUT2D eigenvalue weighted by atomic mass is 32.1. The van der Waals surface area contributed by atoms with E-state index in [-0.39, 0.29) is 12.7 Å². The summed E-state index contributed by atoms with van der Waals surface area (Å²) in [5, 5.41) is 6.31. The fourth-order valence-corrected chi connectivity index (χ4v) is 2.87. The van der Waals surface area contributed by atoms with E-state index >= 15 is 0 Å². The predicted octanol–water partition coefficient (Wildman–Crippen LogP) is 3.53. The Bertz CT molecular complexity index is 881. The number of ether oxygens (including phenoxy) is 2. The molecule has 4 rings (SSSR count). The van der Waals surface area contributed by atoms with Crippen molar-refractivity contribution in [2.75, 3.05) is 6.79 Å². The molecule has 1 aliphatic rings. The van der Waals surface area contributed by atoms with Gasteiger partial charge in [-0.3, -0.25) is 4.79 Å². The zero-order chi connectivity index (χ0) is 15.6. The molecule has 0 spiro atoms. The fourth-order valence-electron chi connectivity index (χ4n) is 2.26. The summed E-state index contributed by atoms with van der Waals surface area (Å²) in [5.74, 6) is 1.03. The quantitative estimate of drug-likeness (QED) is 0.739. The topological polar surface area (TPSA) is 53.4 Å². The van der Waals surface area contributed by atoms with Crippen molar-refractivity contribution in [1.29, 1.82) is 0 Å². The Labute approximate surface area is 136 Å². The number of aromatic nitrogens is 2. The highest BCUT2D eigenvalue weighted by Gasteiger charge is 2.17. The molecule has 1 aromatic carbocycles. The van der Waals surface area contributed by atoms with Crippen LogP contribution in [0.3, 0.4) is 0 Å². The van der Waals surface area contributed by atoms with Crippen molar-refractivity contribution in [2.45, 2.75) is 0 Å². The van der Waals surface area contributed by atoms with Crippen molar-refractivity contribution < 1.29 is 14.3 Å². The molecule has 0 unspecified atom stereocenters. The third-order valence-corrected chi connectivity index (χ3v) is 4.24. The maximum Gasteiger partial charge on any atom is 0.278 e. The molecule has 1 aliphatic heterocycles. The number of carbonyl (C=O) groups is 1. The van der Waals surface area contributed by atoms with Gasteiger partial charge in [0.2, 0.25) is 6.79 Å². The van der Waals surface area contributed by atoms with Crippen LogP contribution < -0.4 is 9.47 Å². The molecule has 0 N–H and O–H groups in total. The summed E-state index contributed by atoms with van der Waals surface area (Å²) in [6.07, 6.45) is 5.51. The van der Waals surface area contributed by atoms with Crippen LogP contribution in [0.5, 0.6) is 11.5 Å². The predicted molar refractivity (Wildman–Crippen MR) is 87.8 cm³/mol. The van der Waals surface area contributed by atoms with Gasteiger partial charge in [0.05, 0.1) is 5.69 Å². The lowest BCUT2D eigenvalue weighted by atomic mass is 10.2. The highest BCUT2D eigenvalue weighted by molar-refractivity contribution is 7.10. The Morgan fingerprint density at radius 2 is 2.09 bits per heavy atom. The summed E-state index contributed by atoms with van der Waals surface area (Å²) in [4.78, 5) is 13.6. The first-order chi connectivity index (χ1) is 11.3. The molecule has 6 heteroatoms. The Morgan fingerprint density at radius 3 is 2.96 bits per heavy atom.